The molecule has 0 aliphatic carbocycles. The van der Waals surface area contributed by atoms with Crippen molar-refractivity contribution in [2.45, 2.75) is 38.8 Å². The number of ether oxygens (including phenoxy) is 2. The van der Waals surface area contributed by atoms with Crippen LogP contribution in [0.15, 0.2) is 84.4 Å². The summed E-state index contributed by atoms with van der Waals surface area (Å²) in [4.78, 5) is 17.1. The molecule has 192 valence electrons. The summed E-state index contributed by atoms with van der Waals surface area (Å²) in [5.74, 6) is 1.60. The molecule has 0 spiro atoms. The van der Waals surface area contributed by atoms with Crippen LogP contribution < -0.4 is 14.8 Å². The lowest BCUT2D eigenvalue weighted by Gasteiger charge is -2.28. The fourth-order valence-electron chi connectivity index (χ4n) is 3.97. The molecule has 0 saturated heterocycles. The molecule has 0 aliphatic rings. The van der Waals surface area contributed by atoms with E-state index in [1.54, 1.807) is 29.7 Å². The highest BCUT2D eigenvalue weighted by Gasteiger charge is 2.20. The van der Waals surface area contributed by atoms with Crippen LogP contribution in [0.5, 0.6) is 17.4 Å². The molecule has 2 aromatic heterocycles. The number of aliphatic hydroxyl groups is 1. The van der Waals surface area contributed by atoms with Crippen molar-refractivity contribution in [3.63, 3.8) is 0 Å². The Morgan fingerprint density at radius 2 is 1.84 bits per heavy atom. The number of benzene rings is 2. The Morgan fingerprint density at radius 1 is 1.05 bits per heavy atom. The lowest BCUT2D eigenvalue weighted by atomic mass is 9.94. The van der Waals surface area contributed by atoms with Crippen LogP contribution in [-0.2, 0) is 6.42 Å². The molecular weight excluding hydrogens is 484 g/mol. The van der Waals surface area contributed by atoms with Crippen LogP contribution in [0.25, 0.3) is 10.4 Å². The van der Waals surface area contributed by atoms with E-state index >= 15 is 0 Å². The molecule has 0 amide bonds. The molecule has 2 N–H and O–H groups in total. The van der Waals surface area contributed by atoms with Crippen molar-refractivity contribution in [3.05, 3.63) is 95.5 Å². The van der Waals surface area contributed by atoms with E-state index in [2.05, 4.69) is 30.2 Å². The number of hydrogen-bond donors (Lipinski definition) is 2. The zero-order valence-electron chi connectivity index (χ0n) is 21.3. The molecule has 4 aromatic rings. The molecule has 0 saturated carbocycles. The Kier molecular flexibility index (Phi) is 8.71. The first-order chi connectivity index (χ1) is 17.8. The molecule has 6 nitrogen and oxygen atoms in total. The number of ketones is 1. The van der Waals surface area contributed by atoms with Gasteiger partial charge in [-0.1, -0.05) is 30.3 Å². The van der Waals surface area contributed by atoms with Crippen molar-refractivity contribution >= 4 is 17.1 Å². The Morgan fingerprint density at radius 3 is 2.57 bits per heavy atom. The molecule has 0 aliphatic heterocycles. The van der Waals surface area contributed by atoms with Crippen LogP contribution in [0.1, 0.15) is 36.7 Å². The first-order valence-corrected chi connectivity index (χ1v) is 13.1. The molecule has 1 unspecified atom stereocenters. The summed E-state index contributed by atoms with van der Waals surface area (Å²) in [7, 11) is 0. The van der Waals surface area contributed by atoms with Crippen LogP contribution in [-0.4, -0.2) is 40.7 Å². The zero-order chi connectivity index (χ0) is 26.3. The van der Waals surface area contributed by atoms with E-state index in [-0.39, 0.29) is 17.9 Å². The standard InChI is InChI=1S/C30H32N2O4S/c1-21(33)25-9-6-16-31-29(25)36-24-14-12-22(13-15-24)18-30(2,3)32-19-23(34)20-35-27-10-5-4-8-26(27)28-11-7-17-37-28/h4-17,23,32,34H,18-20H2,1-3H3. The first-order valence-electron chi connectivity index (χ1n) is 12.2. The fourth-order valence-corrected chi connectivity index (χ4v) is 4.72. The number of thiophene rings is 1. The van der Waals surface area contributed by atoms with Gasteiger partial charge in [0.15, 0.2) is 5.78 Å². The van der Waals surface area contributed by atoms with Crippen LogP contribution in [0.3, 0.4) is 0 Å². The number of rotatable bonds is 12. The number of hydrogen-bond acceptors (Lipinski definition) is 7. The molecule has 2 heterocycles. The van der Waals surface area contributed by atoms with Crippen molar-refractivity contribution < 1.29 is 19.4 Å². The SMILES string of the molecule is CC(=O)c1cccnc1Oc1ccc(CC(C)(C)NCC(O)COc2ccccc2-c2cccs2)cc1. The number of carbonyl (C=O) groups is 1. The largest absolute Gasteiger partial charge is 0.490 e. The number of carbonyl (C=O) groups excluding carboxylic acids is 1. The number of Topliss-reactive ketones (excluding diaryl/α,β-unsaturated/α-hetero) is 1. The number of aliphatic hydroxyl groups excluding tert-OH is 1. The summed E-state index contributed by atoms with van der Waals surface area (Å²) in [6.45, 7) is 6.31. The Bertz CT molecular complexity index is 1300. The highest BCUT2D eigenvalue weighted by molar-refractivity contribution is 7.13. The first kappa shape index (κ1) is 26.5. The van der Waals surface area contributed by atoms with E-state index in [4.69, 9.17) is 9.47 Å². The van der Waals surface area contributed by atoms with E-state index in [9.17, 15) is 9.90 Å². The maximum Gasteiger partial charge on any atom is 0.230 e. The fraction of sp³-hybridized carbons (Fsp3) is 0.267. The second-order valence-corrected chi connectivity index (χ2v) is 10.5. The Hall–Kier alpha value is -3.52. The van der Waals surface area contributed by atoms with Gasteiger partial charge in [-0.15, -0.1) is 11.3 Å². The summed E-state index contributed by atoms with van der Waals surface area (Å²) in [5.41, 5.74) is 2.36. The van der Waals surface area contributed by atoms with Gasteiger partial charge in [-0.3, -0.25) is 4.79 Å². The molecule has 0 radical (unpaired) electrons. The molecule has 1 atom stereocenters. The van der Waals surface area contributed by atoms with Gasteiger partial charge in [-0.25, -0.2) is 4.98 Å². The van der Waals surface area contributed by atoms with E-state index in [1.807, 2.05) is 60.0 Å². The van der Waals surface area contributed by atoms with Gasteiger partial charge in [-0.05, 0) is 80.6 Å². The van der Waals surface area contributed by atoms with Crippen molar-refractivity contribution in [3.8, 4) is 27.8 Å². The number of nitrogens with zero attached hydrogens (tertiary/aromatic N) is 1. The average molecular weight is 517 g/mol. The minimum absolute atomic E-state index is 0.0909. The van der Waals surface area contributed by atoms with Gasteiger partial charge in [0.1, 0.15) is 24.2 Å². The highest BCUT2D eigenvalue weighted by Crippen LogP contribution is 2.33. The normalized spacial score (nSPS) is 12.2. The van der Waals surface area contributed by atoms with Crippen molar-refractivity contribution in [1.82, 2.24) is 10.3 Å². The van der Waals surface area contributed by atoms with Crippen LogP contribution in [0.2, 0.25) is 0 Å². The third kappa shape index (κ3) is 7.49. The Balaban J connectivity index is 1.28. The number of aromatic nitrogens is 1. The number of nitrogens with one attached hydrogen (secondary N) is 1. The van der Waals surface area contributed by atoms with E-state index < -0.39 is 6.10 Å². The summed E-state index contributed by atoms with van der Waals surface area (Å²) >= 11 is 1.66. The molecule has 37 heavy (non-hydrogen) atoms. The second kappa shape index (κ2) is 12.1. The van der Waals surface area contributed by atoms with Gasteiger partial charge in [0.2, 0.25) is 5.88 Å². The average Bonchev–Trinajstić information content (AvgIpc) is 3.43. The molecule has 2 aromatic carbocycles. The van der Waals surface area contributed by atoms with E-state index in [0.29, 0.717) is 23.7 Å². The summed E-state index contributed by atoms with van der Waals surface area (Å²) in [5, 5.41) is 16.1. The summed E-state index contributed by atoms with van der Waals surface area (Å²) in [6, 6.07) is 23.1. The smallest absolute Gasteiger partial charge is 0.230 e. The van der Waals surface area contributed by atoms with Gasteiger partial charge >= 0.3 is 0 Å². The maximum absolute atomic E-state index is 11.8. The third-order valence-electron chi connectivity index (χ3n) is 5.86. The van der Waals surface area contributed by atoms with Gasteiger partial charge in [0, 0.05) is 28.7 Å². The quantitative estimate of drug-likeness (QED) is 0.220. The predicted octanol–water partition coefficient (Wildman–Crippen LogP) is 6.16. The van der Waals surface area contributed by atoms with Crippen molar-refractivity contribution in [2.24, 2.45) is 0 Å². The highest BCUT2D eigenvalue weighted by atomic mass is 32.1. The van der Waals surface area contributed by atoms with E-state index in [0.717, 1.165) is 28.2 Å². The molecule has 0 bridgehead atoms. The number of β-amino-alcohol motifs (C(OH)–C–C–N with tert-alkyl or cyclic N) is 1. The van der Waals surface area contributed by atoms with Gasteiger partial charge in [0.05, 0.1) is 5.56 Å². The molecule has 7 heteroatoms. The minimum atomic E-state index is -0.653. The third-order valence-corrected chi connectivity index (χ3v) is 6.76. The second-order valence-electron chi connectivity index (χ2n) is 9.54. The van der Waals surface area contributed by atoms with Gasteiger partial charge in [-0.2, -0.15) is 0 Å². The minimum Gasteiger partial charge on any atom is -0.490 e. The Labute approximate surface area is 221 Å². The lowest BCUT2D eigenvalue weighted by molar-refractivity contribution is 0.0991. The molecule has 0 fully saturated rings. The topological polar surface area (TPSA) is 80.7 Å². The van der Waals surface area contributed by atoms with E-state index in [1.165, 1.54) is 6.92 Å². The van der Waals surface area contributed by atoms with Crippen molar-refractivity contribution in [1.29, 1.82) is 0 Å². The monoisotopic (exact) mass is 516 g/mol. The number of para-hydroxylation sites is 1. The van der Waals surface area contributed by atoms with Gasteiger partial charge in [0.25, 0.3) is 0 Å². The van der Waals surface area contributed by atoms with Crippen molar-refractivity contribution in [2.75, 3.05) is 13.2 Å². The summed E-state index contributed by atoms with van der Waals surface area (Å²) in [6.07, 6.45) is 1.71. The van der Waals surface area contributed by atoms with Crippen LogP contribution >= 0.6 is 11.3 Å². The predicted molar refractivity (Wildman–Crippen MR) is 148 cm³/mol. The van der Waals surface area contributed by atoms with Crippen LogP contribution in [0, 0.1) is 0 Å². The molecule has 4 rings (SSSR count). The summed E-state index contributed by atoms with van der Waals surface area (Å²) < 4.78 is 11.8. The zero-order valence-corrected chi connectivity index (χ0v) is 22.1. The maximum atomic E-state index is 11.8. The lowest BCUT2D eigenvalue weighted by Crippen LogP contribution is -2.46. The van der Waals surface area contributed by atoms with Crippen LogP contribution in [0.4, 0.5) is 0 Å². The molecular formula is C30H32N2O4S. The van der Waals surface area contributed by atoms with Gasteiger partial charge < -0.3 is 19.9 Å². The number of pyridine rings is 1.